The third-order valence-electron chi connectivity index (χ3n) is 0.561. The summed E-state index contributed by atoms with van der Waals surface area (Å²) in [7, 11) is 0. The van der Waals surface area contributed by atoms with Crippen molar-refractivity contribution in [1.29, 1.82) is 10.8 Å². The van der Waals surface area contributed by atoms with Gasteiger partial charge in [-0.3, -0.25) is 5.41 Å². The minimum Gasteiger partial charge on any atom is -0.478 e. The monoisotopic (exact) mass is 126 g/mol. The number of hydrogen-bond donors (Lipinski definition) is 3. The Kier molecular flexibility index (Phi) is 2.97. The molecule has 48 valence electrons. The van der Waals surface area contributed by atoms with E-state index in [1.54, 1.807) is 0 Å². The van der Waals surface area contributed by atoms with E-state index in [2.05, 4.69) is 0 Å². The van der Waals surface area contributed by atoms with Gasteiger partial charge >= 0.3 is 5.97 Å². The van der Waals surface area contributed by atoms with Gasteiger partial charge in [-0.05, 0) is 6.08 Å². The Labute approximate surface area is 51.8 Å². The Morgan fingerprint density at radius 1 is 1.44 bits per heavy atom. The molecule has 0 aromatic carbocycles. The van der Waals surface area contributed by atoms with E-state index in [0.717, 1.165) is 18.4 Å². The zero-order chi connectivity index (χ0) is 7.28. The van der Waals surface area contributed by atoms with Gasteiger partial charge in [-0.15, -0.1) is 0 Å². The molecule has 0 aliphatic rings. The normalized spacial score (nSPS) is 9.33. The molecule has 4 nitrogen and oxygen atoms in total. The third-order valence-corrected chi connectivity index (χ3v) is 0.561. The van der Waals surface area contributed by atoms with E-state index in [1.165, 1.54) is 0 Å². The molecule has 9 heavy (non-hydrogen) atoms. The lowest BCUT2D eigenvalue weighted by molar-refractivity contribution is -0.131. The number of rotatable bonds is 3. The van der Waals surface area contributed by atoms with Gasteiger partial charge in [-0.1, -0.05) is 0 Å². The van der Waals surface area contributed by atoms with Crippen LogP contribution in [0.3, 0.4) is 0 Å². The Balaban J connectivity index is 3.85. The van der Waals surface area contributed by atoms with Crippen molar-refractivity contribution in [3.8, 4) is 0 Å². The fraction of sp³-hybridized carbons (Fsp3) is 0. The molecule has 0 radical (unpaired) electrons. The topological polar surface area (TPSA) is 85.0 Å². The molecular weight excluding hydrogens is 120 g/mol. The summed E-state index contributed by atoms with van der Waals surface area (Å²) in [5.74, 6) is -1.11. The number of carbonyl (C=O) groups is 1. The fourth-order valence-electron chi connectivity index (χ4n) is 0.209. The second kappa shape index (κ2) is 3.54. The van der Waals surface area contributed by atoms with Gasteiger partial charge in [0.15, 0.2) is 0 Å². The predicted octanol–water partition coefficient (Wildman–Crippen LogP) is 0.297. The minimum atomic E-state index is -1.11. The molecule has 0 aromatic heterocycles. The summed E-state index contributed by atoms with van der Waals surface area (Å²) in [5, 5.41) is 21.2. The average Bonchev–Trinajstić information content (AvgIpc) is 1.83. The van der Waals surface area contributed by atoms with E-state index in [9.17, 15) is 4.79 Å². The summed E-state index contributed by atoms with van der Waals surface area (Å²) in [6.07, 6.45) is 2.61. The second-order valence-corrected chi connectivity index (χ2v) is 1.27. The Hall–Kier alpha value is -1.45. The number of hydrogen-bond acceptors (Lipinski definition) is 3. The Morgan fingerprint density at radius 3 is 2.33 bits per heavy atom. The first-order chi connectivity index (χ1) is 4.16. The molecular formula is C5H6N2O2. The molecule has 0 spiro atoms. The molecule has 4 heteroatoms. The van der Waals surface area contributed by atoms with Crippen molar-refractivity contribution in [2.75, 3.05) is 0 Å². The standard InChI is InChI=1S/C5H6N2O2/c6-3-4(7)1-2-5(8)9/h1-3,6-7H,(H,8,9)/b2-1+,6-3?,7-4?. The molecule has 0 saturated heterocycles. The van der Waals surface area contributed by atoms with Crippen molar-refractivity contribution in [3.63, 3.8) is 0 Å². The molecule has 0 aliphatic carbocycles. The summed E-state index contributed by atoms with van der Waals surface area (Å²) in [6.45, 7) is 0. The van der Waals surface area contributed by atoms with E-state index in [4.69, 9.17) is 15.9 Å². The van der Waals surface area contributed by atoms with Crippen molar-refractivity contribution in [2.24, 2.45) is 0 Å². The average molecular weight is 126 g/mol. The fourth-order valence-corrected chi connectivity index (χ4v) is 0.209. The van der Waals surface area contributed by atoms with Crippen LogP contribution in [-0.2, 0) is 4.79 Å². The maximum atomic E-state index is 9.76. The van der Waals surface area contributed by atoms with Crippen molar-refractivity contribution in [2.45, 2.75) is 0 Å². The van der Waals surface area contributed by atoms with Crippen LogP contribution in [0.2, 0.25) is 0 Å². The van der Waals surface area contributed by atoms with Crippen LogP contribution < -0.4 is 0 Å². The second-order valence-electron chi connectivity index (χ2n) is 1.27. The van der Waals surface area contributed by atoms with Gasteiger partial charge in [0.2, 0.25) is 0 Å². The van der Waals surface area contributed by atoms with E-state index in [1.807, 2.05) is 0 Å². The smallest absolute Gasteiger partial charge is 0.328 e. The lowest BCUT2D eigenvalue weighted by Gasteiger charge is -1.79. The van der Waals surface area contributed by atoms with Gasteiger partial charge in [0, 0.05) is 12.3 Å². The maximum absolute atomic E-state index is 9.76. The molecule has 0 bridgehead atoms. The van der Waals surface area contributed by atoms with Crippen LogP contribution in [0.5, 0.6) is 0 Å². The quantitative estimate of drug-likeness (QED) is 0.375. The number of carboxylic acid groups (broad SMARTS) is 1. The summed E-state index contributed by atoms with van der Waals surface area (Å²) >= 11 is 0. The van der Waals surface area contributed by atoms with Gasteiger partial charge in [0.05, 0.1) is 5.71 Å². The van der Waals surface area contributed by atoms with Gasteiger partial charge in [-0.2, -0.15) is 0 Å². The molecule has 0 unspecified atom stereocenters. The van der Waals surface area contributed by atoms with E-state index < -0.39 is 5.97 Å². The Morgan fingerprint density at radius 2 is 2.00 bits per heavy atom. The van der Waals surface area contributed by atoms with E-state index in [0.29, 0.717) is 0 Å². The molecule has 0 rings (SSSR count). The third kappa shape index (κ3) is 4.40. The number of allylic oxidation sites excluding steroid dienone is 1. The first-order valence-electron chi connectivity index (χ1n) is 2.17. The van der Waals surface area contributed by atoms with Gasteiger partial charge in [0.25, 0.3) is 0 Å². The zero-order valence-electron chi connectivity index (χ0n) is 4.59. The van der Waals surface area contributed by atoms with Gasteiger partial charge < -0.3 is 10.5 Å². The summed E-state index contributed by atoms with van der Waals surface area (Å²) in [4.78, 5) is 9.76. The minimum absolute atomic E-state index is 0.127. The van der Waals surface area contributed by atoms with Crippen LogP contribution >= 0.6 is 0 Å². The van der Waals surface area contributed by atoms with Crippen molar-refractivity contribution in [3.05, 3.63) is 12.2 Å². The molecule has 0 heterocycles. The van der Waals surface area contributed by atoms with E-state index >= 15 is 0 Å². The number of aliphatic carboxylic acids is 1. The summed E-state index contributed by atoms with van der Waals surface area (Å²) in [5.41, 5.74) is -0.127. The lowest BCUT2D eigenvalue weighted by atomic mass is 10.3. The number of carboxylic acids is 1. The van der Waals surface area contributed by atoms with Crippen LogP contribution in [0.25, 0.3) is 0 Å². The Bertz CT molecular complexity index is 172. The molecule has 0 aromatic rings. The van der Waals surface area contributed by atoms with Crippen LogP contribution in [0.4, 0.5) is 0 Å². The summed E-state index contributed by atoms with van der Waals surface area (Å²) in [6, 6.07) is 0. The van der Waals surface area contributed by atoms with Crippen LogP contribution in [-0.4, -0.2) is 23.0 Å². The molecule has 0 fully saturated rings. The molecule has 0 amide bonds. The highest BCUT2D eigenvalue weighted by atomic mass is 16.4. The highest BCUT2D eigenvalue weighted by molar-refractivity contribution is 6.33. The zero-order valence-corrected chi connectivity index (χ0v) is 4.59. The molecule has 3 N–H and O–H groups in total. The first-order valence-corrected chi connectivity index (χ1v) is 2.17. The highest BCUT2D eigenvalue weighted by Gasteiger charge is 1.85. The maximum Gasteiger partial charge on any atom is 0.328 e. The highest BCUT2D eigenvalue weighted by Crippen LogP contribution is 1.73. The van der Waals surface area contributed by atoms with Gasteiger partial charge in [-0.25, -0.2) is 4.79 Å². The largest absolute Gasteiger partial charge is 0.478 e. The SMILES string of the molecule is N=CC(=N)/C=C/C(=O)O. The number of nitrogens with one attached hydrogen (secondary N) is 2. The van der Waals surface area contributed by atoms with E-state index in [-0.39, 0.29) is 5.71 Å². The lowest BCUT2D eigenvalue weighted by Crippen LogP contribution is -1.93. The molecule has 0 atom stereocenters. The van der Waals surface area contributed by atoms with Crippen LogP contribution in [0.15, 0.2) is 12.2 Å². The van der Waals surface area contributed by atoms with Crippen molar-refractivity contribution < 1.29 is 9.90 Å². The van der Waals surface area contributed by atoms with Crippen LogP contribution in [0.1, 0.15) is 0 Å². The van der Waals surface area contributed by atoms with Gasteiger partial charge in [0.1, 0.15) is 0 Å². The molecule has 0 aliphatic heterocycles. The predicted molar refractivity (Wildman–Crippen MR) is 33.3 cm³/mol. The molecule has 0 saturated carbocycles. The van der Waals surface area contributed by atoms with Crippen molar-refractivity contribution in [1.82, 2.24) is 0 Å². The first kappa shape index (κ1) is 7.55. The van der Waals surface area contributed by atoms with Crippen molar-refractivity contribution >= 4 is 17.9 Å². The van der Waals surface area contributed by atoms with Crippen LogP contribution in [0, 0.1) is 10.8 Å². The summed E-state index contributed by atoms with van der Waals surface area (Å²) < 4.78 is 0.